The van der Waals surface area contributed by atoms with Crippen LogP contribution in [0.25, 0.3) is 5.57 Å². The molecule has 1 aromatic rings. The molecule has 0 saturated carbocycles. The second kappa shape index (κ2) is 6.03. The molecule has 74 valence electrons. The van der Waals surface area contributed by atoms with E-state index in [-0.39, 0.29) is 0 Å². The van der Waals surface area contributed by atoms with Crippen LogP contribution in [0.3, 0.4) is 0 Å². The third-order valence-corrected chi connectivity index (χ3v) is 1.89. The normalized spacial score (nSPS) is 12.2. The van der Waals surface area contributed by atoms with Crippen LogP contribution < -0.4 is 0 Å². The van der Waals surface area contributed by atoms with E-state index in [4.69, 9.17) is 4.42 Å². The van der Waals surface area contributed by atoms with Crippen molar-refractivity contribution < 1.29 is 4.42 Å². The van der Waals surface area contributed by atoms with Crippen LogP contribution in [0.15, 0.2) is 53.7 Å². The van der Waals surface area contributed by atoms with Crippen LogP contribution in [-0.2, 0) is 0 Å². The Labute approximate surface area is 85.4 Å². The highest BCUT2D eigenvalue weighted by atomic mass is 16.3. The van der Waals surface area contributed by atoms with Crippen LogP contribution in [0.5, 0.6) is 0 Å². The fourth-order valence-corrected chi connectivity index (χ4v) is 1.23. The third-order valence-electron chi connectivity index (χ3n) is 1.89. The lowest BCUT2D eigenvalue weighted by molar-refractivity contribution is 0.554. The molecule has 0 aliphatic heterocycles. The van der Waals surface area contributed by atoms with Crippen molar-refractivity contribution >= 4 is 5.57 Å². The van der Waals surface area contributed by atoms with E-state index in [1.165, 1.54) is 0 Å². The van der Waals surface area contributed by atoms with Gasteiger partial charge in [-0.2, -0.15) is 0 Å². The molecule has 0 amide bonds. The van der Waals surface area contributed by atoms with Crippen molar-refractivity contribution in [2.45, 2.75) is 19.8 Å². The third kappa shape index (κ3) is 3.09. The predicted molar refractivity (Wildman–Crippen MR) is 60.9 cm³/mol. The van der Waals surface area contributed by atoms with E-state index in [1.807, 2.05) is 31.2 Å². The van der Waals surface area contributed by atoms with Gasteiger partial charge in [0.15, 0.2) is 0 Å². The molecule has 0 atom stereocenters. The minimum atomic E-state index is 0.923. The Hall–Kier alpha value is -1.50. The van der Waals surface area contributed by atoms with Crippen LogP contribution >= 0.6 is 0 Å². The fraction of sp³-hybridized carbons (Fsp3) is 0.231. The summed E-state index contributed by atoms with van der Waals surface area (Å²) < 4.78 is 5.33. The quantitative estimate of drug-likeness (QED) is 0.383. The van der Waals surface area contributed by atoms with Crippen molar-refractivity contribution in [3.63, 3.8) is 0 Å². The van der Waals surface area contributed by atoms with Gasteiger partial charge in [0.05, 0.1) is 6.26 Å². The van der Waals surface area contributed by atoms with Crippen LogP contribution in [-0.4, -0.2) is 0 Å². The minimum absolute atomic E-state index is 0.923. The first-order valence-corrected chi connectivity index (χ1v) is 4.86. The lowest BCUT2D eigenvalue weighted by atomic mass is 10.1. The predicted octanol–water partition coefficient (Wildman–Crippen LogP) is 4.21. The number of hydrogen-bond acceptors (Lipinski definition) is 1. The summed E-state index contributed by atoms with van der Waals surface area (Å²) in [5, 5.41) is 0. The summed E-state index contributed by atoms with van der Waals surface area (Å²) in [5.41, 5.74) is 1.14. The van der Waals surface area contributed by atoms with Crippen molar-refractivity contribution in [2.75, 3.05) is 0 Å². The highest BCUT2D eigenvalue weighted by molar-refractivity contribution is 5.70. The second-order valence-corrected chi connectivity index (χ2v) is 3.00. The summed E-state index contributed by atoms with van der Waals surface area (Å²) in [5.74, 6) is 0.923. The number of furan rings is 1. The zero-order chi connectivity index (χ0) is 10.2. The molecule has 0 spiro atoms. The molecule has 0 fully saturated rings. The van der Waals surface area contributed by atoms with Gasteiger partial charge in [0.1, 0.15) is 5.76 Å². The lowest BCUT2D eigenvalue weighted by Crippen LogP contribution is -1.76. The molecule has 0 radical (unpaired) electrons. The Morgan fingerprint density at radius 3 is 2.93 bits per heavy atom. The van der Waals surface area contributed by atoms with Crippen molar-refractivity contribution in [3.8, 4) is 0 Å². The molecule has 1 rings (SSSR count). The van der Waals surface area contributed by atoms with Crippen molar-refractivity contribution in [1.82, 2.24) is 0 Å². The molecule has 14 heavy (non-hydrogen) atoms. The van der Waals surface area contributed by atoms with E-state index in [0.717, 1.165) is 24.2 Å². The van der Waals surface area contributed by atoms with Gasteiger partial charge in [-0.3, -0.25) is 0 Å². The molecule has 0 saturated heterocycles. The van der Waals surface area contributed by atoms with Crippen LogP contribution in [0.1, 0.15) is 25.5 Å². The number of hydrogen-bond donors (Lipinski definition) is 0. The molecule has 0 N–H and O–H groups in total. The summed E-state index contributed by atoms with van der Waals surface area (Å²) in [4.78, 5) is 0. The SMILES string of the molecule is C=CCC/C=C(\C=C/C)c1ccco1. The zero-order valence-electron chi connectivity index (χ0n) is 8.57. The Balaban J connectivity index is 2.74. The molecule has 0 aliphatic carbocycles. The monoisotopic (exact) mass is 188 g/mol. The summed E-state index contributed by atoms with van der Waals surface area (Å²) in [6, 6.07) is 3.87. The maximum atomic E-state index is 5.33. The Morgan fingerprint density at radius 1 is 1.50 bits per heavy atom. The van der Waals surface area contributed by atoms with Crippen molar-refractivity contribution in [1.29, 1.82) is 0 Å². The Bertz CT molecular complexity index is 315. The smallest absolute Gasteiger partial charge is 0.133 e. The molecule has 1 heteroatoms. The van der Waals surface area contributed by atoms with E-state index in [2.05, 4.69) is 18.7 Å². The topological polar surface area (TPSA) is 13.1 Å². The summed E-state index contributed by atoms with van der Waals surface area (Å²) in [7, 11) is 0. The first-order valence-electron chi connectivity index (χ1n) is 4.86. The summed E-state index contributed by atoms with van der Waals surface area (Å²) in [6.45, 7) is 5.70. The Kier molecular flexibility index (Phi) is 4.56. The van der Waals surface area contributed by atoms with Gasteiger partial charge in [0, 0.05) is 5.57 Å². The Morgan fingerprint density at radius 2 is 2.36 bits per heavy atom. The molecule has 0 unspecified atom stereocenters. The average Bonchev–Trinajstić information content (AvgIpc) is 2.70. The fourth-order valence-electron chi connectivity index (χ4n) is 1.23. The van der Waals surface area contributed by atoms with Crippen molar-refractivity contribution in [2.24, 2.45) is 0 Å². The van der Waals surface area contributed by atoms with Gasteiger partial charge in [-0.05, 0) is 31.9 Å². The minimum Gasteiger partial charge on any atom is -0.464 e. The van der Waals surface area contributed by atoms with E-state index < -0.39 is 0 Å². The van der Waals surface area contributed by atoms with Gasteiger partial charge in [0.25, 0.3) is 0 Å². The molecule has 1 heterocycles. The largest absolute Gasteiger partial charge is 0.464 e. The van der Waals surface area contributed by atoms with Gasteiger partial charge < -0.3 is 4.42 Å². The molecule has 1 nitrogen and oxygen atoms in total. The molecule has 1 aromatic heterocycles. The molecular weight excluding hydrogens is 172 g/mol. The average molecular weight is 188 g/mol. The van der Waals surface area contributed by atoms with Crippen LogP contribution in [0.4, 0.5) is 0 Å². The number of unbranched alkanes of at least 4 members (excludes halogenated alkanes) is 1. The maximum absolute atomic E-state index is 5.33. The zero-order valence-corrected chi connectivity index (χ0v) is 8.57. The maximum Gasteiger partial charge on any atom is 0.133 e. The highest BCUT2D eigenvalue weighted by Crippen LogP contribution is 2.17. The number of rotatable bonds is 5. The second-order valence-electron chi connectivity index (χ2n) is 3.00. The van der Waals surface area contributed by atoms with Crippen molar-refractivity contribution in [3.05, 3.63) is 55.0 Å². The first kappa shape index (κ1) is 10.6. The molecular formula is C13H16O. The summed E-state index contributed by atoms with van der Waals surface area (Å²) >= 11 is 0. The van der Waals surface area contributed by atoms with Gasteiger partial charge in [-0.1, -0.05) is 24.3 Å². The molecule has 0 aromatic carbocycles. The first-order chi connectivity index (χ1) is 6.88. The molecule has 0 bridgehead atoms. The van der Waals surface area contributed by atoms with Gasteiger partial charge in [-0.15, -0.1) is 6.58 Å². The number of allylic oxidation sites excluding steroid dienone is 5. The van der Waals surface area contributed by atoms with E-state index in [9.17, 15) is 0 Å². The summed E-state index contributed by atoms with van der Waals surface area (Å²) in [6.07, 6.45) is 11.9. The van der Waals surface area contributed by atoms with Gasteiger partial charge in [-0.25, -0.2) is 0 Å². The van der Waals surface area contributed by atoms with Gasteiger partial charge >= 0.3 is 0 Å². The standard InChI is InChI=1S/C13H16O/c1-3-5-6-9-12(8-4-2)13-10-7-11-14-13/h3-4,7-11H,1,5-6H2,2H3/b8-4-,12-9+. The molecule has 0 aliphatic rings. The van der Waals surface area contributed by atoms with E-state index >= 15 is 0 Å². The van der Waals surface area contributed by atoms with Crippen LogP contribution in [0.2, 0.25) is 0 Å². The highest BCUT2D eigenvalue weighted by Gasteiger charge is 1.98. The van der Waals surface area contributed by atoms with E-state index in [1.54, 1.807) is 6.26 Å². The van der Waals surface area contributed by atoms with E-state index in [0.29, 0.717) is 0 Å². The van der Waals surface area contributed by atoms with Gasteiger partial charge in [0.2, 0.25) is 0 Å². The van der Waals surface area contributed by atoms with Crippen LogP contribution in [0, 0.1) is 0 Å². The lowest BCUT2D eigenvalue weighted by Gasteiger charge is -1.96.